The van der Waals surface area contributed by atoms with Crippen LogP contribution in [-0.2, 0) is 21.2 Å². The van der Waals surface area contributed by atoms with Crippen LogP contribution >= 0.6 is 0 Å². The Bertz CT molecular complexity index is 1170. The Kier molecular flexibility index (Phi) is 5.89. The van der Waals surface area contributed by atoms with Gasteiger partial charge in [0, 0.05) is 31.8 Å². The average Bonchev–Trinajstić information content (AvgIpc) is 3.16. The van der Waals surface area contributed by atoms with E-state index in [9.17, 15) is 23.3 Å². The minimum Gasteiger partial charge on any atom is -0.403 e. The second-order valence-electron chi connectivity index (χ2n) is 6.37. The van der Waals surface area contributed by atoms with Crippen molar-refractivity contribution in [3.8, 4) is 11.5 Å². The number of nitrogens with one attached hydrogen (secondary N) is 1. The number of hydrogen-bond donors (Lipinski definition) is 1. The van der Waals surface area contributed by atoms with E-state index in [2.05, 4.69) is 15.5 Å². The molecule has 0 aliphatic rings. The molecule has 30 heavy (non-hydrogen) atoms. The van der Waals surface area contributed by atoms with Gasteiger partial charge in [-0.25, -0.2) is 12.7 Å². The predicted molar refractivity (Wildman–Crippen MR) is 106 cm³/mol. The Morgan fingerprint density at radius 2 is 1.73 bits per heavy atom. The van der Waals surface area contributed by atoms with E-state index in [0.29, 0.717) is 11.1 Å². The van der Waals surface area contributed by atoms with Crippen molar-refractivity contribution in [1.82, 2.24) is 14.5 Å². The van der Waals surface area contributed by atoms with Crippen molar-refractivity contribution in [3.05, 3.63) is 64.2 Å². The number of benzene rings is 2. The molecule has 0 unspecified atom stereocenters. The maximum Gasteiger partial charge on any atom is 0.322 e. The third-order valence-corrected chi connectivity index (χ3v) is 5.89. The monoisotopic (exact) mass is 431 g/mol. The molecule has 0 saturated carbocycles. The first-order valence-corrected chi connectivity index (χ1v) is 10.0. The van der Waals surface area contributed by atoms with Crippen LogP contribution in [0.4, 0.5) is 11.7 Å². The first kappa shape index (κ1) is 21.1. The third-order valence-electron chi connectivity index (χ3n) is 4.06. The molecule has 3 aromatic rings. The standard InChI is InChI=1S/C18H17N5O6S/c1-22(2)30(27,28)15-9-5-13(6-10-15)17-20-21-18(29-17)19-16(24)11-12-3-7-14(8-4-12)23(25)26/h3-10H,11H2,1-2H3,(H,19,21,24). The number of amides is 1. The number of nitrogens with zero attached hydrogens (tertiary/aromatic N) is 4. The Morgan fingerprint density at radius 3 is 2.30 bits per heavy atom. The summed E-state index contributed by atoms with van der Waals surface area (Å²) >= 11 is 0. The first-order chi connectivity index (χ1) is 14.2. The largest absolute Gasteiger partial charge is 0.403 e. The zero-order valence-electron chi connectivity index (χ0n) is 16.0. The van der Waals surface area contributed by atoms with E-state index in [4.69, 9.17) is 4.42 Å². The summed E-state index contributed by atoms with van der Waals surface area (Å²) in [5.74, 6) is -0.332. The molecular formula is C18H17N5O6S. The minimum atomic E-state index is -3.55. The summed E-state index contributed by atoms with van der Waals surface area (Å²) in [7, 11) is -0.677. The number of sulfonamides is 1. The number of non-ortho nitro benzene ring substituents is 1. The summed E-state index contributed by atoms with van der Waals surface area (Å²) in [4.78, 5) is 22.4. The van der Waals surface area contributed by atoms with Crippen molar-refractivity contribution in [2.45, 2.75) is 11.3 Å². The number of hydrogen-bond acceptors (Lipinski definition) is 8. The maximum absolute atomic E-state index is 12.1. The molecule has 1 N–H and O–H groups in total. The number of carbonyl (C=O) groups is 1. The summed E-state index contributed by atoms with van der Waals surface area (Å²) in [6.07, 6.45) is -0.0349. The lowest BCUT2D eigenvalue weighted by Crippen LogP contribution is -2.22. The molecule has 0 atom stereocenters. The van der Waals surface area contributed by atoms with Crippen molar-refractivity contribution < 1.29 is 22.6 Å². The molecule has 0 bridgehead atoms. The summed E-state index contributed by atoms with van der Waals surface area (Å²) in [5, 5.41) is 20.7. The lowest BCUT2D eigenvalue weighted by atomic mass is 10.1. The van der Waals surface area contributed by atoms with Gasteiger partial charge in [0.15, 0.2) is 0 Å². The van der Waals surface area contributed by atoms with Crippen LogP contribution < -0.4 is 5.32 Å². The van der Waals surface area contributed by atoms with Crippen LogP contribution in [0.15, 0.2) is 57.8 Å². The van der Waals surface area contributed by atoms with E-state index in [0.717, 1.165) is 4.31 Å². The van der Waals surface area contributed by atoms with E-state index in [1.165, 1.54) is 62.6 Å². The van der Waals surface area contributed by atoms with E-state index < -0.39 is 20.9 Å². The van der Waals surface area contributed by atoms with Gasteiger partial charge in [-0.3, -0.25) is 20.2 Å². The van der Waals surface area contributed by atoms with Crippen molar-refractivity contribution in [2.24, 2.45) is 0 Å². The smallest absolute Gasteiger partial charge is 0.322 e. The Hall–Kier alpha value is -3.64. The Labute approximate surface area is 171 Å². The minimum absolute atomic E-state index is 0.0349. The van der Waals surface area contributed by atoms with Crippen LogP contribution in [0.3, 0.4) is 0 Å². The van der Waals surface area contributed by atoms with Crippen molar-refractivity contribution >= 4 is 27.6 Å². The topological polar surface area (TPSA) is 149 Å². The summed E-state index contributed by atoms with van der Waals surface area (Å²) < 4.78 is 30.7. The summed E-state index contributed by atoms with van der Waals surface area (Å²) in [6, 6.07) is 11.4. The second kappa shape index (κ2) is 8.39. The van der Waals surface area contributed by atoms with Crippen LogP contribution in [0.2, 0.25) is 0 Å². The number of carbonyl (C=O) groups excluding carboxylic acids is 1. The lowest BCUT2D eigenvalue weighted by Gasteiger charge is -2.11. The predicted octanol–water partition coefficient (Wildman–Crippen LogP) is 2.08. The molecule has 1 heterocycles. The van der Waals surface area contributed by atoms with Crippen molar-refractivity contribution in [3.63, 3.8) is 0 Å². The van der Waals surface area contributed by atoms with Crippen LogP contribution in [0.25, 0.3) is 11.5 Å². The number of nitro benzene ring substituents is 1. The van der Waals surface area contributed by atoms with Gasteiger partial charge in [-0.2, -0.15) is 0 Å². The van der Waals surface area contributed by atoms with Gasteiger partial charge in [-0.15, -0.1) is 5.10 Å². The Morgan fingerprint density at radius 1 is 1.10 bits per heavy atom. The average molecular weight is 431 g/mol. The fourth-order valence-corrected chi connectivity index (χ4v) is 3.36. The van der Waals surface area contributed by atoms with Gasteiger partial charge in [-0.05, 0) is 29.8 Å². The molecule has 12 heteroatoms. The van der Waals surface area contributed by atoms with Gasteiger partial charge in [0.1, 0.15) is 0 Å². The molecule has 156 valence electrons. The van der Waals surface area contributed by atoms with Gasteiger partial charge in [0.2, 0.25) is 21.8 Å². The van der Waals surface area contributed by atoms with Crippen LogP contribution in [0.1, 0.15) is 5.56 Å². The van der Waals surface area contributed by atoms with E-state index in [1.54, 1.807) is 0 Å². The fourth-order valence-electron chi connectivity index (χ4n) is 2.46. The number of aromatic nitrogens is 2. The second-order valence-corrected chi connectivity index (χ2v) is 8.52. The highest BCUT2D eigenvalue weighted by atomic mass is 32.2. The van der Waals surface area contributed by atoms with Gasteiger partial charge in [0.05, 0.1) is 16.2 Å². The molecule has 0 saturated heterocycles. The maximum atomic E-state index is 12.1. The molecule has 0 aliphatic carbocycles. The van der Waals surface area contributed by atoms with Crippen molar-refractivity contribution in [2.75, 3.05) is 19.4 Å². The normalized spacial score (nSPS) is 11.4. The molecule has 0 spiro atoms. The lowest BCUT2D eigenvalue weighted by molar-refractivity contribution is -0.384. The van der Waals surface area contributed by atoms with Crippen LogP contribution in [0.5, 0.6) is 0 Å². The first-order valence-electron chi connectivity index (χ1n) is 8.56. The van der Waals surface area contributed by atoms with Gasteiger partial charge in [0.25, 0.3) is 5.69 Å². The molecule has 11 nitrogen and oxygen atoms in total. The highest BCUT2D eigenvalue weighted by molar-refractivity contribution is 7.89. The zero-order chi connectivity index (χ0) is 21.9. The van der Waals surface area contributed by atoms with Crippen molar-refractivity contribution in [1.29, 1.82) is 0 Å². The molecule has 2 aromatic carbocycles. The highest BCUT2D eigenvalue weighted by Gasteiger charge is 2.18. The molecule has 0 fully saturated rings. The fraction of sp³-hybridized carbons (Fsp3) is 0.167. The molecule has 0 aliphatic heterocycles. The van der Waals surface area contributed by atoms with Gasteiger partial charge in [-0.1, -0.05) is 17.2 Å². The van der Waals surface area contributed by atoms with E-state index in [1.807, 2.05) is 0 Å². The zero-order valence-corrected chi connectivity index (χ0v) is 16.8. The third kappa shape index (κ3) is 4.67. The molecule has 0 radical (unpaired) electrons. The SMILES string of the molecule is CN(C)S(=O)(=O)c1ccc(-c2nnc(NC(=O)Cc3ccc([N+](=O)[O-])cc3)o2)cc1. The molecule has 1 amide bonds. The number of nitro groups is 1. The molecule has 1 aromatic heterocycles. The number of rotatable bonds is 7. The van der Waals surface area contributed by atoms with E-state index >= 15 is 0 Å². The highest BCUT2D eigenvalue weighted by Crippen LogP contribution is 2.23. The molecule has 3 rings (SSSR count). The summed E-state index contributed by atoms with van der Waals surface area (Å²) in [5.41, 5.74) is 0.997. The van der Waals surface area contributed by atoms with Gasteiger partial charge < -0.3 is 4.42 Å². The van der Waals surface area contributed by atoms with Crippen LogP contribution in [-0.4, -0.2) is 47.8 Å². The molecular weight excluding hydrogens is 414 g/mol. The quantitative estimate of drug-likeness (QED) is 0.441. The summed E-state index contributed by atoms with van der Waals surface area (Å²) in [6.45, 7) is 0. The number of anilines is 1. The van der Waals surface area contributed by atoms with Crippen LogP contribution in [0, 0.1) is 10.1 Å². The van der Waals surface area contributed by atoms with Gasteiger partial charge >= 0.3 is 6.01 Å². The van der Waals surface area contributed by atoms with E-state index in [-0.39, 0.29) is 28.9 Å². The Balaban J connectivity index is 1.66.